The number of rotatable bonds is 8. The van der Waals surface area contributed by atoms with Crippen LogP contribution in [0.5, 0.6) is 0 Å². The molecule has 2 saturated carbocycles. The number of aliphatic hydroxyl groups is 1. The molecule has 0 unspecified atom stereocenters. The van der Waals surface area contributed by atoms with Crippen molar-refractivity contribution in [2.75, 3.05) is 5.32 Å². The van der Waals surface area contributed by atoms with Crippen molar-refractivity contribution in [3.63, 3.8) is 0 Å². The first-order chi connectivity index (χ1) is 16.1. The number of nitrogens with one attached hydrogen (secondary N) is 2. The molecule has 34 heavy (non-hydrogen) atoms. The van der Waals surface area contributed by atoms with Gasteiger partial charge in [-0.25, -0.2) is 9.52 Å². The summed E-state index contributed by atoms with van der Waals surface area (Å²) in [5, 5.41) is 21.5. The predicted octanol–water partition coefficient (Wildman–Crippen LogP) is 3.97. The number of carbonyl (C=O) groups excluding carboxylic acids is 1. The van der Waals surface area contributed by atoms with Gasteiger partial charge in [0.2, 0.25) is 0 Å². The highest BCUT2D eigenvalue weighted by Crippen LogP contribution is 2.36. The van der Waals surface area contributed by atoms with E-state index in [4.69, 9.17) is 4.42 Å². The van der Waals surface area contributed by atoms with Crippen LogP contribution in [0.2, 0.25) is 0 Å². The van der Waals surface area contributed by atoms with E-state index in [1.807, 2.05) is 4.72 Å². The van der Waals surface area contributed by atoms with E-state index in [0.29, 0.717) is 17.5 Å². The normalized spacial score (nSPS) is 16.9. The molecule has 10 heteroatoms. The van der Waals surface area contributed by atoms with Crippen molar-refractivity contribution < 1.29 is 22.7 Å². The van der Waals surface area contributed by atoms with Crippen molar-refractivity contribution in [2.24, 2.45) is 11.8 Å². The number of aromatic nitrogens is 1. The zero-order chi connectivity index (χ0) is 24.5. The molecular weight excluding hydrogens is 456 g/mol. The van der Waals surface area contributed by atoms with Gasteiger partial charge in [0.15, 0.2) is 0 Å². The second kappa shape index (κ2) is 9.39. The summed E-state index contributed by atoms with van der Waals surface area (Å²) in [5.74, 6) is 0.980. The molecule has 182 valence electrons. The molecule has 4 rings (SSSR count). The third kappa shape index (κ3) is 5.26. The second-order valence-electron chi connectivity index (χ2n) is 9.88. The summed E-state index contributed by atoms with van der Waals surface area (Å²) in [7, 11) is -4.50. The van der Waals surface area contributed by atoms with E-state index in [1.165, 1.54) is 26.7 Å². The largest absolute Gasteiger partial charge is 0.444 e. The maximum absolute atomic E-state index is 12.9. The molecule has 0 radical (unpaired) electrons. The molecule has 0 aromatic carbocycles. The summed E-state index contributed by atoms with van der Waals surface area (Å²) in [6.45, 7) is 2.81. The van der Waals surface area contributed by atoms with Crippen LogP contribution in [0.15, 0.2) is 28.0 Å². The number of pyridine rings is 1. The van der Waals surface area contributed by atoms with E-state index < -0.39 is 26.7 Å². The topological polar surface area (TPSA) is 145 Å². The first-order valence-corrected chi connectivity index (χ1v) is 13.1. The maximum atomic E-state index is 12.9. The molecule has 2 aliphatic carbocycles. The van der Waals surface area contributed by atoms with Crippen molar-refractivity contribution in [1.82, 2.24) is 9.71 Å². The summed E-state index contributed by atoms with van der Waals surface area (Å²) in [6.07, 6.45) is 11.9. The summed E-state index contributed by atoms with van der Waals surface area (Å²) in [5.41, 5.74) is 0.616. The lowest BCUT2D eigenvalue weighted by Crippen LogP contribution is -2.35. The molecule has 2 heterocycles. The summed E-state index contributed by atoms with van der Waals surface area (Å²) in [6, 6.07) is 1.95. The van der Waals surface area contributed by atoms with Crippen LogP contribution in [0, 0.1) is 23.2 Å². The molecule has 0 atom stereocenters. The highest BCUT2D eigenvalue weighted by atomic mass is 32.2. The van der Waals surface area contributed by atoms with Crippen LogP contribution in [0.4, 0.5) is 10.5 Å². The summed E-state index contributed by atoms with van der Waals surface area (Å²) in [4.78, 5) is 17.2. The molecule has 0 spiro atoms. The van der Waals surface area contributed by atoms with Crippen LogP contribution in [0.25, 0.3) is 0 Å². The van der Waals surface area contributed by atoms with Crippen LogP contribution >= 0.6 is 0 Å². The lowest BCUT2D eigenvalue weighted by atomic mass is 9.79. The molecule has 2 amide bonds. The average Bonchev–Trinajstić information content (AvgIpc) is 3.15. The number of carbonyl (C=O) groups is 1. The Morgan fingerprint density at radius 1 is 1.18 bits per heavy atom. The van der Waals surface area contributed by atoms with Gasteiger partial charge in [-0.15, -0.1) is 0 Å². The van der Waals surface area contributed by atoms with Gasteiger partial charge in [0.05, 0.1) is 5.69 Å². The van der Waals surface area contributed by atoms with Crippen LogP contribution < -0.4 is 10.0 Å². The molecule has 0 saturated heterocycles. The van der Waals surface area contributed by atoms with Gasteiger partial charge in [0.1, 0.15) is 23.0 Å². The van der Waals surface area contributed by atoms with Gasteiger partial charge in [0.25, 0.3) is 15.1 Å². The minimum absolute atomic E-state index is 0.0930. The Morgan fingerprint density at radius 2 is 1.74 bits per heavy atom. The first kappa shape index (κ1) is 24.2. The van der Waals surface area contributed by atoms with Crippen molar-refractivity contribution in [3.8, 4) is 6.07 Å². The fourth-order valence-electron chi connectivity index (χ4n) is 4.30. The fraction of sp³-hybridized carbons (Fsp3) is 0.542. The molecule has 2 aromatic heterocycles. The highest BCUT2D eigenvalue weighted by Gasteiger charge is 2.32. The number of nitriles is 1. The Kier molecular flexibility index (Phi) is 6.69. The van der Waals surface area contributed by atoms with Crippen LogP contribution in [-0.2, 0) is 28.5 Å². The number of hydrogen-bond donors (Lipinski definition) is 3. The predicted molar refractivity (Wildman–Crippen MR) is 124 cm³/mol. The van der Waals surface area contributed by atoms with Gasteiger partial charge in [0, 0.05) is 18.5 Å². The van der Waals surface area contributed by atoms with Gasteiger partial charge < -0.3 is 14.8 Å². The third-order valence-electron chi connectivity index (χ3n) is 6.70. The fourth-order valence-corrected chi connectivity index (χ4v) is 5.28. The number of hydrogen-bond acceptors (Lipinski definition) is 7. The van der Waals surface area contributed by atoms with E-state index in [0.717, 1.165) is 55.7 Å². The Morgan fingerprint density at radius 3 is 2.18 bits per heavy atom. The van der Waals surface area contributed by atoms with E-state index >= 15 is 0 Å². The van der Waals surface area contributed by atoms with Crippen molar-refractivity contribution in [2.45, 2.75) is 75.9 Å². The number of urea groups is 1. The van der Waals surface area contributed by atoms with Crippen molar-refractivity contribution in [3.05, 3.63) is 40.9 Å². The number of amides is 2. The van der Waals surface area contributed by atoms with E-state index in [-0.39, 0.29) is 11.3 Å². The minimum Gasteiger partial charge on any atom is -0.444 e. The van der Waals surface area contributed by atoms with Crippen molar-refractivity contribution in [1.29, 1.82) is 5.26 Å². The van der Waals surface area contributed by atoms with E-state index in [9.17, 15) is 23.6 Å². The quantitative estimate of drug-likeness (QED) is 0.512. The number of sulfonamides is 1. The molecule has 0 aliphatic heterocycles. The van der Waals surface area contributed by atoms with Gasteiger partial charge in [-0.05, 0) is 49.7 Å². The maximum Gasteiger partial charge on any atom is 0.333 e. The molecule has 0 bridgehead atoms. The lowest BCUT2D eigenvalue weighted by Gasteiger charge is -2.29. The molecule has 3 N–H and O–H groups in total. The molecule has 2 aromatic rings. The molecule has 9 nitrogen and oxygen atoms in total. The Balaban J connectivity index is 1.57. The van der Waals surface area contributed by atoms with E-state index in [2.05, 4.69) is 10.3 Å². The van der Waals surface area contributed by atoms with Crippen LogP contribution in [-0.4, -0.2) is 24.5 Å². The second-order valence-corrected chi connectivity index (χ2v) is 11.5. The number of nitrogens with zero attached hydrogens (tertiary/aromatic N) is 2. The third-order valence-corrected chi connectivity index (χ3v) is 7.95. The standard InChI is InChI=1S/C24H30N4O5S/c1-24(2,30)20-11-17(12-25)22(33-20)34(31,32)28-23(29)27-21-18(9-15-5-3-6-15)13-26-14-19(21)10-16-7-4-8-16/h11,13-16,30H,3-10H2,1-2H3,(H2,26,27,28,29). The Bertz CT molecular complexity index is 1180. The highest BCUT2D eigenvalue weighted by molar-refractivity contribution is 7.90. The average molecular weight is 487 g/mol. The van der Waals surface area contributed by atoms with E-state index in [1.54, 1.807) is 18.5 Å². The van der Waals surface area contributed by atoms with Gasteiger partial charge in [-0.1, -0.05) is 38.5 Å². The zero-order valence-corrected chi connectivity index (χ0v) is 20.2. The molecular formula is C24H30N4O5S. The van der Waals surface area contributed by atoms with Crippen LogP contribution in [0.3, 0.4) is 0 Å². The molecule has 2 aliphatic rings. The Hall–Kier alpha value is -2.90. The SMILES string of the molecule is CC(C)(O)c1cc(C#N)c(S(=O)(=O)NC(=O)Nc2c(CC3CCC3)cncc2CC2CCC2)o1. The first-order valence-electron chi connectivity index (χ1n) is 11.6. The summed E-state index contributed by atoms with van der Waals surface area (Å²) < 4.78 is 33.0. The van der Waals surface area contributed by atoms with Gasteiger partial charge >= 0.3 is 6.03 Å². The Labute approximate surface area is 199 Å². The number of furan rings is 1. The monoisotopic (exact) mass is 486 g/mol. The molecule has 2 fully saturated rings. The summed E-state index contributed by atoms with van der Waals surface area (Å²) >= 11 is 0. The number of anilines is 1. The van der Waals surface area contributed by atoms with Gasteiger partial charge in [-0.3, -0.25) is 4.98 Å². The minimum atomic E-state index is -4.50. The van der Waals surface area contributed by atoms with Crippen molar-refractivity contribution >= 4 is 21.7 Å². The lowest BCUT2D eigenvalue weighted by molar-refractivity contribution is 0.0501. The zero-order valence-electron chi connectivity index (χ0n) is 19.4. The van der Waals surface area contributed by atoms with Crippen LogP contribution in [0.1, 0.15) is 74.8 Å². The van der Waals surface area contributed by atoms with Gasteiger partial charge in [-0.2, -0.15) is 13.7 Å². The smallest absolute Gasteiger partial charge is 0.333 e.